The molecule has 0 spiro atoms. The number of halogens is 1. The number of hydrogen-bond acceptors (Lipinski definition) is 3. The summed E-state index contributed by atoms with van der Waals surface area (Å²) >= 11 is 5.96. The van der Waals surface area contributed by atoms with E-state index in [2.05, 4.69) is 10.6 Å². The molecule has 138 valence electrons. The van der Waals surface area contributed by atoms with E-state index < -0.39 is 0 Å². The molecule has 0 fully saturated rings. The van der Waals surface area contributed by atoms with E-state index in [9.17, 15) is 9.59 Å². The van der Waals surface area contributed by atoms with Gasteiger partial charge in [-0.05, 0) is 56.6 Å². The highest BCUT2D eigenvalue weighted by atomic mass is 35.5. The Balaban J connectivity index is 1.89. The van der Waals surface area contributed by atoms with E-state index >= 15 is 0 Å². The maximum Gasteiger partial charge on any atom is 0.238 e. The number of para-hydroxylation sites is 1. The first-order valence-corrected chi connectivity index (χ1v) is 8.74. The highest BCUT2D eigenvalue weighted by molar-refractivity contribution is 6.31. The minimum Gasteiger partial charge on any atom is -0.325 e. The smallest absolute Gasteiger partial charge is 0.238 e. The van der Waals surface area contributed by atoms with Gasteiger partial charge in [-0.2, -0.15) is 0 Å². The van der Waals surface area contributed by atoms with Gasteiger partial charge < -0.3 is 10.6 Å². The normalized spacial score (nSPS) is 10.7. The van der Waals surface area contributed by atoms with Gasteiger partial charge in [0.15, 0.2) is 0 Å². The first kappa shape index (κ1) is 19.9. The molecular formula is C20H24ClN3O2. The largest absolute Gasteiger partial charge is 0.325 e. The van der Waals surface area contributed by atoms with Gasteiger partial charge in [0, 0.05) is 16.4 Å². The van der Waals surface area contributed by atoms with Crippen LogP contribution in [0.5, 0.6) is 0 Å². The second kappa shape index (κ2) is 8.83. The van der Waals surface area contributed by atoms with Crippen LogP contribution >= 0.6 is 11.6 Å². The first-order valence-electron chi connectivity index (χ1n) is 8.37. The van der Waals surface area contributed by atoms with Gasteiger partial charge in [-0.15, -0.1) is 0 Å². The van der Waals surface area contributed by atoms with Crippen LogP contribution in [0.25, 0.3) is 0 Å². The predicted octanol–water partition coefficient (Wildman–Crippen LogP) is 3.77. The lowest BCUT2D eigenvalue weighted by molar-refractivity contribution is -0.119. The van der Waals surface area contributed by atoms with Crippen LogP contribution in [0.1, 0.15) is 16.7 Å². The number of nitrogens with zero attached hydrogens (tertiary/aromatic N) is 1. The second-order valence-corrected chi connectivity index (χ2v) is 6.93. The fraction of sp³-hybridized carbons (Fsp3) is 0.300. The van der Waals surface area contributed by atoms with Crippen LogP contribution in [0, 0.1) is 20.8 Å². The van der Waals surface area contributed by atoms with Crippen molar-refractivity contribution in [1.29, 1.82) is 0 Å². The highest BCUT2D eigenvalue weighted by Crippen LogP contribution is 2.20. The van der Waals surface area contributed by atoms with Crippen LogP contribution in [0.3, 0.4) is 0 Å². The number of aryl methyl sites for hydroxylation is 3. The molecule has 2 amide bonds. The quantitative estimate of drug-likeness (QED) is 0.810. The molecule has 0 aliphatic carbocycles. The monoisotopic (exact) mass is 373 g/mol. The Morgan fingerprint density at radius 1 is 0.923 bits per heavy atom. The number of anilines is 2. The zero-order valence-electron chi connectivity index (χ0n) is 15.5. The summed E-state index contributed by atoms with van der Waals surface area (Å²) in [6.45, 7) is 6.02. The molecular weight excluding hydrogens is 350 g/mol. The lowest BCUT2D eigenvalue weighted by Gasteiger charge is -2.18. The van der Waals surface area contributed by atoms with Gasteiger partial charge in [-0.3, -0.25) is 14.5 Å². The Morgan fingerprint density at radius 3 is 2.12 bits per heavy atom. The van der Waals surface area contributed by atoms with Crippen molar-refractivity contribution in [2.45, 2.75) is 20.8 Å². The molecule has 0 aliphatic rings. The van der Waals surface area contributed by atoms with Crippen molar-refractivity contribution in [3.05, 3.63) is 58.1 Å². The summed E-state index contributed by atoms with van der Waals surface area (Å²) in [4.78, 5) is 26.1. The van der Waals surface area contributed by atoms with E-state index in [1.54, 1.807) is 24.1 Å². The maximum atomic E-state index is 12.3. The summed E-state index contributed by atoms with van der Waals surface area (Å²) in [7, 11) is 1.73. The Kier molecular flexibility index (Phi) is 6.77. The molecule has 0 heterocycles. The van der Waals surface area contributed by atoms with Crippen LogP contribution < -0.4 is 10.6 Å². The van der Waals surface area contributed by atoms with Crippen molar-refractivity contribution in [3.8, 4) is 0 Å². The molecule has 0 atom stereocenters. The molecule has 2 aromatic carbocycles. The first-order chi connectivity index (χ1) is 12.3. The minimum absolute atomic E-state index is 0.103. The third-order valence-electron chi connectivity index (χ3n) is 4.05. The summed E-state index contributed by atoms with van der Waals surface area (Å²) in [5, 5.41) is 6.31. The van der Waals surface area contributed by atoms with Gasteiger partial charge in [0.05, 0.1) is 13.1 Å². The molecule has 2 aromatic rings. The molecule has 0 radical (unpaired) electrons. The standard InChI is InChI=1S/C20H24ClN3O2/c1-13-8-9-16(21)10-17(13)22-18(25)11-24(4)12-19(26)23-20-14(2)6-5-7-15(20)3/h5-10H,11-12H2,1-4H3,(H,22,25)(H,23,26). The van der Waals surface area contributed by atoms with E-state index in [0.29, 0.717) is 10.7 Å². The van der Waals surface area contributed by atoms with Gasteiger partial charge in [0.1, 0.15) is 0 Å². The Bertz CT molecular complexity index is 800. The number of benzene rings is 2. The van der Waals surface area contributed by atoms with Gasteiger partial charge >= 0.3 is 0 Å². The highest BCUT2D eigenvalue weighted by Gasteiger charge is 2.13. The molecule has 26 heavy (non-hydrogen) atoms. The summed E-state index contributed by atoms with van der Waals surface area (Å²) in [5.74, 6) is -0.352. The molecule has 0 bridgehead atoms. The molecule has 0 saturated heterocycles. The summed E-state index contributed by atoms with van der Waals surface area (Å²) < 4.78 is 0. The minimum atomic E-state index is -0.197. The maximum absolute atomic E-state index is 12.3. The topological polar surface area (TPSA) is 61.4 Å². The average molecular weight is 374 g/mol. The number of rotatable bonds is 6. The van der Waals surface area contributed by atoms with E-state index in [4.69, 9.17) is 11.6 Å². The van der Waals surface area contributed by atoms with Crippen molar-refractivity contribution >= 4 is 34.8 Å². The lowest BCUT2D eigenvalue weighted by atomic mass is 10.1. The van der Waals surface area contributed by atoms with E-state index in [1.807, 2.05) is 45.0 Å². The number of amides is 2. The molecule has 5 nitrogen and oxygen atoms in total. The fourth-order valence-electron chi connectivity index (χ4n) is 2.66. The van der Waals surface area contributed by atoms with Crippen LogP contribution in [-0.2, 0) is 9.59 Å². The fourth-order valence-corrected chi connectivity index (χ4v) is 2.83. The summed E-state index contributed by atoms with van der Waals surface area (Å²) in [6.07, 6.45) is 0. The Labute approximate surface area is 159 Å². The Morgan fingerprint density at radius 2 is 1.50 bits per heavy atom. The van der Waals surface area contributed by atoms with Gasteiger partial charge in [-0.25, -0.2) is 0 Å². The second-order valence-electron chi connectivity index (χ2n) is 6.49. The SMILES string of the molecule is Cc1ccc(Cl)cc1NC(=O)CN(C)CC(=O)Nc1c(C)cccc1C. The number of carbonyl (C=O) groups excluding carboxylic acids is 2. The average Bonchev–Trinajstić information content (AvgIpc) is 2.54. The van der Waals surface area contributed by atoms with Crippen LogP contribution in [-0.4, -0.2) is 36.9 Å². The zero-order valence-corrected chi connectivity index (χ0v) is 16.3. The number of nitrogens with one attached hydrogen (secondary N) is 2. The van der Waals surface area contributed by atoms with Gasteiger partial charge in [0.25, 0.3) is 0 Å². The van der Waals surface area contributed by atoms with Crippen LogP contribution in [0.2, 0.25) is 5.02 Å². The summed E-state index contributed by atoms with van der Waals surface area (Å²) in [5.41, 5.74) is 4.45. The van der Waals surface area contributed by atoms with Crippen molar-refractivity contribution in [2.75, 3.05) is 30.8 Å². The molecule has 2 N–H and O–H groups in total. The molecule has 0 unspecified atom stereocenters. The molecule has 0 aromatic heterocycles. The third kappa shape index (κ3) is 5.58. The predicted molar refractivity (Wildman–Crippen MR) is 107 cm³/mol. The van der Waals surface area contributed by atoms with E-state index in [1.165, 1.54) is 0 Å². The van der Waals surface area contributed by atoms with Crippen molar-refractivity contribution in [1.82, 2.24) is 4.90 Å². The summed E-state index contributed by atoms with van der Waals surface area (Å²) in [6, 6.07) is 11.2. The van der Waals surface area contributed by atoms with Crippen LogP contribution in [0.4, 0.5) is 11.4 Å². The van der Waals surface area contributed by atoms with Crippen molar-refractivity contribution < 1.29 is 9.59 Å². The molecule has 2 rings (SSSR count). The van der Waals surface area contributed by atoms with E-state index in [-0.39, 0.29) is 24.9 Å². The number of likely N-dealkylation sites (N-methyl/N-ethyl adjacent to an activating group) is 1. The van der Waals surface area contributed by atoms with Crippen LogP contribution in [0.15, 0.2) is 36.4 Å². The third-order valence-corrected chi connectivity index (χ3v) is 4.28. The zero-order chi connectivity index (χ0) is 19.3. The Hall–Kier alpha value is -2.37. The molecule has 0 saturated carbocycles. The van der Waals surface area contributed by atoms with Crippen molar-refractivity contribution in [2.24, 2.45) is 0 Å². The van der Waals surface area contributed by atoms with E-state index in [0.717, 1.165) is 22.4 Å². The van der Waals surface area contributed by atoms with Crippen molar-refractivity contribution in [3.63, 3.8) is 0 Å². The number of carbonyl (C=O) groups is 2. The van der Waals surface area contributed by atoms with Gasteiger partial charge in [0.2, 0.25) is 11.8 Å². The lowest BCUT2D eigenvalue weighted by Crippen LogP contribution is -2.36. The van der Waals surface area contributed by atoms with Gasteiger partial charge in [-0.1, -0.05) is 35.9 Å². The molecule has 6 heteroatoms. The number of hydrogen-bond donors (Lipinski definition) is 2. The molecule has 0 aliphatic heterocycles.